The molecule has 30 heavy (non-hydrogen) atoms. The van der Waals surface area contributed by atoms with Gasteiger partial charge in [0.2, 0.25) is 0 Å². The zero-order chi connectivity index (χ0) is 21.4. The third-order valence-corrected chi connectivity index (χ3v) is 6.71. The van der Waals surface area contributed by atoms with Crippen molar-refractivity contribution in [2.24, 2.45) is 0 Å². The smallest absolute Gasteiger partial charge is 0.304 e. The van der Waals surface area contributed by atoms with Crippen molar-refractivity contribution >= 4 is 34.7 Å². The van der Waals surface area contributed by atoms with Crippen LogP contribution in [0.15, 0.2) is 39.5 Å². The van der Waals surface area contributed by atoms with Gasteiger partial charge in [-0.25, -0.2) is 9.07 Å². The molecule has 4 N–H and O–H groups in total. The van der Waals surface area contributed by atoms with E-state index in [-0.39, 0.29) is 9.90 Å². The normalized spacial score (nSPS) is 26.8. The number of nitrogens with one attached hydrogen (secondary N) is 1. The predicted octanol–water partition coefficient (Wildman–Crippen LogP) is 1.26. The van der Waals surface area contributed by atoms with E-state index in [9.17, 15) is 24.5 Å². The SMILES string of the molecule is O=c1[nH]c(-c2cn(C3[C@@H](O)C(CO)O[C@H](Sc4ccc(F)c(Cl)c4)[C@H]3O)nn2)cs1. The van der Waals surface area contributed by atoms with Gasteiger partial charge in [0, 0.05) is 10.3 Å². The van der Waals surface area contributed by atoms with Gasteiger partial charge in [0.25, 0.3) is 0 Å². The predicted molar refractivity (Wildman–Crippen MR) is 108 cm³/mol. The third-order valence-electron chi connectivity index (χ3n) is 4.60. The zero-order valence-corrected chi connectivity index (χ0v) is 17.4. The number of H-pyrrole nitrogens is 1. The maximum absolute atomic E-state index is 13.4. The van der Waals surface area contributed by atoms with E-state index >= 15 is 0 Å². The molecule has 0 amide bonds. The summed E-state index contributed by atoms with van der Waals surface area (Å²) in [4.78, 5) is 14.3. The van der Waals surface area contributed by atoms with Crippen LogP contribution in [0, 0.1) is 5.82 Å². The van der Waals surface area contributed by atoms with Crippen LogP contribution in [0.4, 0.5) is 4.39 Å². The summed E-state index contributed by atoms with van der Waals surface area (Å²) >= 11 is 7.86. The van der Waals surface area contributed by atoms with E-state index in [4.69, 9.17) is 16.3 Å². The minimum Gasteiger partial charge on any atom is -0.394 e. The van der Waals surface area contributed by atoms with E-state index in [0.29, 0.717) is 16.3 Å². The van der Waals surface area contributed by atoms with Crippen LogP contribution in [-0.4, -0.2) is 65.7 Å². The molecule has 0 radical (unpaired) electrons. The van der Waals surface area contributed by atoms with Crippen molar-refractivity contribution in [2.45, 2.75) is 34.7 Å². The topological polar surface area (TPSA) is 133 Å². The van der Waals surface area contributed by atoms with Gasteiger partial charge in [0.05, 0.1) is 23.5 Å². The molecule has 160 valence electrons. The minimum absolute atomic E-state index is 0.0775. The van der Waals surface area contributed by atoms with E-state index in [0.717, 1.165) is 23.1 Å². The molecule has 0 aliphatic carbocycles. The van der Waals surface area contributed by atoms with Gasteiger partial charge in [-0.2, -0.15) is 0 Å². The van der Waals surface area contributed by atoms with Gasteiger partial charge in [0.1, 0.15) is 41.3 Å². The number of ether oxygens (including phenoxy) is 1. The Hall–Kier alpha value is -1.80. The molecule has 2 aromatic heterocycles. The Labute approximate surface area is 182 Å². The number of aliphatic hydroxyl groups excluding tert-OH is 3. The number of rotatable bonds is 5. The van der Waals surface area contributed by atoms with E-state index in [1.807, 2.05) is 0 Å². The molecule has 13 heteroatoms. The summed E-state index contributed by atoms with van der Waals surface area (Å²) in [5.74, 6) is -0.575. The van der Waals surface area contributed by atoms with Gasteiger partial charge in [-0.3, -0.25) is 4.79 Å². The molecule has 1 fully saturated rings. The second-order valence-electron chi connectivity index (χ2n) is 6.54. The Kier molecular flexibility index (Phi) is 6.25. The summed E-state index contributed by atoms with van der Waals surface area (Å²) in [7, 11) is 0. The standard InChI is InChI=1S/C17H16ClFN4O5S2/c18-8-3-7(1-2-9(8)19)30-16-15(26)13(14(25)12(5-24)28-16)23-4-10(21-22-23)11-6-29-17(27)20-11/h1-4,6,12-16,24-26H,5H2,(H,20,27)/t12?,13?,14-,15-,16+/m0/s1. The maximum atomic E-state index is 13.4. The van der Waals surface area contributed by atoms with Crippen molar-refractivity contribution in [3.63, 3.8) is 0 Å². The number of nitrogens with zero attached hydrogens (tertiary/aromatic N) is 3. The van der Waals surface area contributed by atoms with Crippen LogP contribution < -0.4 is 4.87 Å². The summed E-state index contributed by atoms with van der Waals surface area (Å²) in [6, 6.07) is 3.08. The number of benzene rings is 1. The fourth-order valence-electron chi connectivity index (χ4n) is 3.11. The first-order chi connectivity index (χ1) is 14.4. The van der Waals surface area contributed by atoms with Crippen LogP contribution >= 0.6 is 34.7 Å². The molecule has 0 saturated carbocycles. The second-order valence-corrected chi connectivity index (χ2v) is 8.96. The molecule has 3 aromatic rings. The quantitative estimate of drug-likeness (QED) is 0.434. The van der Waals surface area contributed by atoms with Gasteiger partial charge in [-0.15, -0.1) is 5.10 Å². The first kappa shape index (κ1) is 21.4. The van der Waals surface area contributed by atoms with Crippen LogP contribution in [0.5, 0.6) is 0 Å². The Morgan fingerprint density at radius 2 is 2.17 bits per heavy atom. The lowest BCUT2D eigenvalue weighted by Crippen LogP contribution is -2.55. The van der Waals surface area contributed by atoms with Crippen molar-refractivity contribution < 1.29 is 24.4 Å². The Morgan fingerprint density at radius 1 is 1.37 bits per heavy atom. The molecule has 1 aliphatic rings. The monoisotopic (exact) mass is 474 g/mol. The lowest BCUT2D eigenvalue weighted by molar-refractivity contribution is -0.178. The number of halogens is 2. The number of aromatic nitrogens is 4. The van der Waals surface area contributed by atoms with Crippen molar-refractivity contribution in [3.8, 4) is 11.4 Å². The van der Waals surface area contributed by atoms with Crippen molar-refractivity contribution in [2.75, 3.05) is 6.61 Å². The fraction of sp³-hybridized carbons (Fsp3) is 0.353. The summed E-state index contributed by atoms with van der Waals surface area (Å²) in [5, 5.41) is 40.6. The lowest BCUT2D eigenvalue weighted by atomic mass is 9.97. The first-order valence-corrected chi connectivity index (χ1v) is 10.9. The summed E-state index contributed by atoms with van der Waals surface area (Å²) in [6.45, 7) is -0.495. The van der Waals surface area contributed by atoms with Crippen molar-refractivity contribution in [1.29, 1.82) is 0 Å². The Morgan fingerprint density at radius 3 is 2.83 bits per heavy atom. The molecule has 9 nitrogen and oxygen atoms in total. The number of aromatic amines is 1. The molecular weight excluding hydrogens is 459 g/mol. The van der Waals surface area contributed by atoms with Gasteiger partial charge >= 0.3 is 4.87 Å². The molecule has 4 rings (SSSR count). The molecule has 1 aliphatic heterocycles. The summed E-state index contributed by atoms with van der Waals surface area (Å²) < 4.78 is 20.3. The molecule has 0 spiro atoms. The zero-order valence-electron chi connectivity index (χ0n) is 15.1. The van der Waals surface area contributed by atoms with Crippen molar-refractivity contribution in [1.82, 2.24) is 20.0 Å². The molecule has 1 saturated heterocycles. The van der Waals surface area contributed by atoms with Crippen LogP contribution in [0.1, 0.15) is 6.04 Å². The Balaban J connectivity index is 1.62. The summed E-state index contributed by atoms with van der Waals surface area (Å²) in [5.41, 5.74) is -0.0992. The van der Waals surface area contributed by atoms with Gasteiger partial charge in [-0.05, 0) is 18.2 Å². The highest BCUT2D eigenvalue weighted by atomic mass is 35.5. The minimum atomic E-state index is -1.28. The maximum Gasteiger partial charge on any atom is 0.304 e. The number of thioether (sulfide) groups is 1. The summed E-state index contributed by atoms with van der Waals surface area (Å²) in [6.07, 6.45) is -2.06. The molecular formula is C17H16ClFN4O5S2. The Bertz CT molecular complexity index is 1090. The van der Waals surface area contributed by atoms with E-state index < -0.39 is 42.2 Å². The van der Waals surface area contributed by atoms with E-state index in [1.54, 1.807) is 5.38 Å². The van der Waals surface area contributed by atoms with E-state index in [1.165, 1.54) is 29.1 Å². The molecule has 5 atom stereocenters. The van der Waals surface area contributed by atoms with Crippen LogP contribution in [0.2, 0.25) is 5.02 Å². The highest BCUT2D eigenvalue weighted by Gasteiger charge is 2.46. The van der Waals surface area contributed by atoms with Gasteiger partial charge in [0.15, 0.2) is 0 Å². The molecule has 2 unspecified atom stereocenters. The van der Waals surface area contributed by atoms with Crippen LogP contribution in [0.3, 0.4) is 0 Å². The molecule has 0 bridgehead atoms. The average Bonchev–Trinajstić information content (AvgIpc) is 3.36. The fourth-order valence-corrected chi connectivity index (χ4v) is 5.03. The van der Waals surface area contributed by atoms with Crippen LogP contribution in [0.25, 0.3) is 11.4 Å². The third kappa shape index (κ3) is 4.17. The van der Waals surface area contributed by atoms with Crippen LogP contribution in [-0.2, 0) is 4.74 Å². The number of hydrogen-bond acceptors (Lipinski definition) is 9. The number of hydrogen-bond donors (Lipinski definition) is 4. The second kappa shape index (κ2) is 8.75. The average molecular weight is 475 g/mol. The van der Waals surface area contributed by atoms with Gasteiger partial charge < -0.3 is 25.0 Å². The highest BCUT2D eigenvalue weighted by molar-refractivity contribution is 7.99. The molecule has 1 aromatic carbocycles. The number of thiazole rings is 1. The van der Waals surface area contributed by atoms with Gasteiger partial charge in [-0.1, -0.05) is 39.9 Å². The largest absolute Gasteiger partial charge is 0.394 e. The highest BCUT2D eigenvalue weighted by Crippen LogP contribution is 2.38. The van der Waals surface area contributed by atoms with E-state index in [2.05, 4.69) is 15.3 Å². The molecule has 3 heterocycles. The van der Waals surface area contributed by atoms with Crippen molar-refractivity contribution in [3.05, 3.63) is 50.3 Å². The number of aliphatic hydroxyl groups is 3. The lowest BCUT2D eigenvalue weighted by Gasteiger charge is -2.41. The first-order valence-electron chi connectivity index (χ1n) is 8.71.